The van der Waals surface area contributed by atoms with E-state index in [0.29, 0.717) is 0 Å². The second-order valence-corrected chi connectivity index (χ2v) is 4.25. The number of hydrogen-bond acceptors (Lipinski definition) is 2. The van der Waals surface area contributed by atoms with E-state index in [0.717, 1.165) is 33.3 Å². The van der Waals surface area contributed by atoms with Crippen LogP contribution in [0.2, 0.25) is 0 Å². The summed E-state index contributed by atoms with van der Waals surface area (Å²) in [4.78, 5) is 7.46. The van der Waals surface area contributed by atoms with Crippen molar-refractivity contribution in [1.82, 2.24) is 9.97 Å². The number of nitrogens with zero attached hydrogens (tertiary/aromatic N) is 1. The predicted molar refractivity (Wildman–Crippen MR) is 71.3 cm³/mol. The second-order valence-electron chi connectivity index (χ2n) is 4.25. The molecule has 3 nitrogen and oxygen atoms in total. The maximum absolute atomic E-state index is 5.88. The lowest BCUT2D eigenvalue weighted by Gasteiger charge is -1.97. The molecule has 2 aromatic heterocycles. The van der Waals surface area contributed by atoms with Crippen LogP contribution < -0.4 is 0 Å². The zero-order chi connectivity index (χ0) is 11.9. The molecule has 0 saturated heterocycles. The Morgan fingerprint density at radius 2 is 1.94 bits per heavy atom. The third kappa shape index (κ3) is 1.27. The molecule has 0 bridgehead atoms. The summed E-state index contributed by atoms with van der Waals surface area (Å²) in [7, 11) is 0. The van der Waals surface area contributed by atoms with Crippen molar-refractivity contribution in [1.29, 1.82) is 0 Å². The zero-order valence-electron chi connectivity index (χ0n) is 9.55. The number of fused-ring (bicyclic) bond motifs is 2. The van der Waals surface area contributed by atoms with Crippen molar-refractivity contribution in [2.75, 3.05) is 0 Å². The Morgan fingerprint density at radius 3 is 2.89 bits per heavy atom. The fraction of sp³-hybridized carbons (Fsp3) is 0. The molecule has 2 aromatic carbocycles. The molecule has 0 fully saturated rings. The van der Waals surface area contributed by atoms with Gasteiger partial charge in [-0.05, 0) is 24.3 Å². The highest BCUT2D eigenvalue weighted by Crippen LogP contribution is 2.31. The highest BCUT2D eigenvalue weighted by Gasteiger charge is 2.10. The summed E-state index contributed by atoms with van der Waals surface area (Å²) in [6.07, 6.45) is 1.71. The van der Waals surface area contributed by atoms with Gasteiger partial charge in [0, 0.05) is 10.9 Å². The van der Waals surface area contributed by atoms with Crippen molar-refractivity contribution in [3.8, 4) is 11.3 Å². The Bertz CT molecular complexity index is 809. The number of benzene rings is 2. The Morgan fingerprint density at radius 1 is 1.00 bits per heavy atom. The Labute approximate surface area is 103 Å². The van der Waals surface area contributed by atoms with Crippen LogP contribution >= 0.6 is 0 Å². The lowest BCUT2D eigenvalue weighted by atomic mass is 10.1. The third-order valence-electron chi connectivity index (χ3n) is 3.14. The van der Waals surface area contributed by atoms with E-state index in [9.17, 15) is 0 Å². The topological polar surface area (TPSA) is 41.8 Å². The SMILES string of the molecule is c1ccc2oc(-c3cccc4[nH]cnc34)cc2c1. The summed E-state index contributed by atoms with van der Waals surface area (Å²) in [5, 5.41) is 1.11. The van der Waals surface area contributed by atoms with Gasteiger partial charge in [-0.25, -0.2) is 4.98 Å². The van der Waals surface area contributed by atoms with E-state index in [1.54, 1.807) is 6.33 Å². The number of para-hydroxylation sites is 2. The van der Waals surface area contributed by atoms with Crippen LogP contribution in [0.5, 0.6) is 0 Å². The molecule has 18 heavy (non-hydrogen) atoms. The van der Waals surface area contributed by atoms with Crippen molar-refractivity contribution in [2.24, 2.45) is 0 Å². The molecular weight excluding hydrogens is 224 g/mol. The number of hydrogen-bond donors (Lipinski definition) is 1. The van der Waals surface area contributed by atoms with E-state index >= 15 is 0 Å². The first-order chi connectivity index (χ1) is 8.92. The van der Waals surface area contributed by atoms with Gasteiger partial charge < -0.3 is 9.40 Å². The first-order valence-electron chi connectivity index (χ1n) is 5.83. The van der Waals surface area contributed by atoms with Gasteiger partial charge in [0.2, 0.25) is 0 Å². The molecule has 0 radical (unpaired) electrons. The molecule has 0 aliphatic heterocycles. The monoisotopic (exact) mass is 234 g/mol. The first-order valence-corrected chi connectivity index (χ1v) is 5.83. The van der Waals surface area contributed by atoms with E-state index in [4.69, 9.17) is 4.42 Å². The molecule has 4 rings (SSSR count). The molecule has 3 heteroatoms. The van der Waals surface area contributed by atoms with Gasteiger partial charge in [-0.15, -0.1) is 0 Å². The number of H-pyrrole nitrogens is 1. The highest BCUT2D eigenvalue weighted by molar-refractivity contribution is 5.93. The molecule has 0 unspecified atom stereocenters. The maximum atomic E-state index is 5.88. The van der Waals surface area contributed by atoms with Crippen LogP contribution in [0.3, 0.4) is 0 Å². The van der Waals surface area contributed by atoms with Gasteiger partial charge in [-0.1, -0.05) is 24.3 Å². The molecule has 2 heterocycles. The Kier molecular flexibility index (Phi) is 1.83. The fourth-order valence-corrected chi connectivity index (χ4v) is 2.28. The number of nitrogens with one attached hydrogen (secondary N) is 1. The second kappa shape index (κ2) is 3.47. The Hall–Kier alpha value is -2.55. The minimum atomic E-state index is 0.855. The van der Waals surface area contributed by atoms with Gasteiger partial charge in [-0.3, -0.25) is 0 Å². The van der Waals surface area contributed by atoms with Crippen molar-refractivity contribution < 1.29 is 4.42 Å². The summed E-state index contributed by atoms with van der Waals surface area (Å²) in [6, 6.07) is 16.1. The van der Waals surface area contributed by atoms with E-state index in [1.165, 1.54) is 0 Å². The number of rotatable bonds is 1. The Balaban J connectivity index is 2.04. The molecule has 0 saturated carbocycles. The van der Waals surface area contributed by atoms with Gasteiger partial charge in [0.05, 0.1) is 17.4 Å². The molecule has 0 amide bonds. The summed E-state index contributed by atoms with van der Waals surface area (Å²) < 4.78 is 5.88. The summed E-state index contributed by atoms with van der Waals surface area (Å²) in [6.45, 7) is 0. The van der Waals surface area contributed by atoms with Crippen LogP contribution in [-0.2, 0) is 0 Å². The molecule has 0 aliphatic carbocycles. The molecular formula is C15H10N2O. The van der Waals surface area contributed by atoms with Crippen molar-refractivity contribution in [2.45, 2.75) is 0 Å². The number of imidazole rings is 1. The lowest BCUT2D eigenvalue weighted by Crippen LogP contribution is -1.77. The average molecular weight is 234 g/mol. The molecule has 0 atom stereocenters. The molecule has 86 valence electrons. The quantitative estimate of drug-likeness (QED) is 0.541. The van der Waals surface area contributed by atoms with Crippen LogP contribution in [0.1, 0.15) is 0 Å². The van der Waals surface area contributed by atoms with Crippen LogP contribution in [0, 0.1) is 0 Å². The van der Waals surface area contributed by atoms with Gasteiger partial charge >= 0.3 is 0 Å². The lowest BCUT2D eigenvalue weighted by molar-refractivity contribution is 0.632. The molecule has 1 N–H and O–H groups in total. The molecule has 0 spiro atoms. The van der Waals surface area contributed by atoms with E-state index in [-0.39, 0.29) is 0 Å². The first kappa shape index (κ1) is 9.48. The highest BCUT2D eigenvalue weighted by atomic mass is 16.3. The van der Waals surface area contributed by atoms with Crippen molar-refractivity contribution in [3.05, 3.63) is 54.9 Å². The maximum Gasteiger partial charge on any atom is 0.137 e. The van der Waals surface area contributed by atoms with Gasteiger partial charge in [0.1, 0.15) is 11.3 Å². The van der Waals surface area contributed by atoms with Gasteiger partial charge in [0.15, 0.2) is 0 Å². The fourth-order valence-electron chi connectivity index (χ4n) is 2.28. The van der Waals surface area contributed by atoms with Crippen LogP contribution in [0.15, 0.2) is 59.3 Å². The van der Waals surface area contributed by atoms with Gasteiger partial charge in [0.25, 0.3) is 0 Å². The number of aromatic amines is 1. The number of furan rings is 1. The van der Waals surface area contributed by atoms with Crippen molar-refractivity contribution in [3.63, 3.8) is 0 Å². The van der Waals surface area contributed by atoms with Crippen LogP contribution in [-0.4, -0.2) is 9.97 Å². The normalized spacial score (nSPS) is 11.3. The van der Waals surface area contributed by atoms with Crippen LogP contribution in [0.25, 0.3) is 33.3 Å². The predicted octanol–water partition coefficient (Wildman–Crippen LogP) is 3.98. The van der Waals surface area contributed by atoms with Crippen LogP contribution in [0.4, 0.5) is 0 Å². The minimum Gasteiger partial charge on any atom is -0.456 e. The summed E-state index contributed by atoms with van der Waals surface area (Å²) in [5.41, 5.74) is 3.88. The molecule has 4 aromatic rings. The third-order valence-corrected chi connectivity index (χ3v) is 3.14. The average Bonchev–Trinajstić information content (AvgIpc) is 3.04. The standard InChI is InChI=1S/C15H10N2O/c1-2-7-13-10(4-1)8-14(18-13)11-5-3-6-12-15(11)17-9-16-12/h1-9H,(H,16,17). The number of aromatic nitrogens is 2. The van der Waals surface area contributed by atoms with E-state index < -0.39 is 0 Å². The van der Waals surface area contributed by atoms with E-state index in [2.05, 4.69) is 16.0 Å². The van der Waals surface area contributed by atoms with E-state index in [1.807, 2.05) is 42.5 Å². The molecule has 0 aliphatic rings. The minimum absolute atomic E-state index is 0.855. The smallest absolute Gasteiger partial charge is 0.137 e. The largest absolute Gasteiger partial charge is 0.456 e. The zero-order valence-corrected chi connectivity index (χ0v) is 9.55. The van der Waals surface area contributed by atoms with Gasteiger partial charge in [-0.2, -0.15) is 0 Å². The van der Waals surface area contributed by atoms with Crippen molar-refractivity contribution >= 4 is 22.0 Å². The summed E-state index contributed by atoms with van der Waals surface area (Å²) in [5.74, 6) is 0.855. The summed E-state index contributed by atoms with van der Waals surface area (Å²) >= 11 is 0.